The van der Waals surface area contributed by atoms with E-state index in [9.17, 15) is 5.11 Å². The molecule has 0 aliphatic carbocycles. The molecule has 76 valence electrons. The fourth-order valence-corrected chi connectivity index (χ4v) is 1.96. The lowest BCUT2D eigenvalue weighted by Gasteiger charge is -2.10. The van der Waals surface area contributed by atoms with E-state index in [1.807, 2.05) is 0 Å². The predicted octanol–water partition coefficient (Wildman–Crippen LogP) is 4.73. The Bertz CT molecular complexity index is 358. The van der Waals surface area contributed by atoms with Gasteiger partial charge in [0.05, 0.1) is 15.1 Å². The van der Waals surface area contributed by atoms with Crippen molar-refractivity contribution < 1.29 is 5.11 Å². The molecular weight excluding hydrogens is 266 g/mol. The summed E-state index contributed by atoms with van der Waals surface area (Å²) in [6, 6.07) is 0. The first-order chi connectivity index (χ1) is 6.50. The van der Waals surface area contributed by atoms with Crippen LogP contribution in [-0.2, 0) is 6.42 Å². The summed E-state index contributed by atoms with van der Waals surface area (Å²) in [5.41, 5.74) is 0.432. The lowest BCUT2D eigenvalue weighted by Crippen LogP contribution is -1.88. The van der Waals surface area contributed by atoms with Gasteiger partial charge in [-0.2, -0.15) is 0 Å². The van der Waals surface area contributed by atoms with Gasteiger partial charge in [-0.15, -0.1) is 6.58 Å². The Morgan fingerprint density at radius 1 is 1.00 bits per heavy atom. The average molecular weight is 272 g/mol. The van der Waals surface area contributed by atoms with E-state index >= 15 is 0 Å². The third-order valence-corrected chi connectivity index (χ3v) is 3.52. The molecule has 0 saturated heterocycles. The van der Waals surface area contributed by atoms with E-state index in [2.05, 4.69) is 6.58 Å². The highest BCUT2D eigenvalue weighted by atomic mass is 35.5. The van der Waals surface area contributed by atoms with Crippen molar-refractivity contribution in [2.45, 2.75) is 6.42 Å². The van der Waals surface area contributed by atoms with Crippen molar-refractivity contribution >= 4 is 46.4 Å². The van der Waals surface area contributed by atoms with Gasteiger partial charge < -0.3 is 5.11 Å². The molecule has 0 amide bonds. The van der Waals surface area contributed by atoms with Gasteiger partial charge in [0, 0.05) is 5.56 Å². The second kappa shape index (κ2) is 4.63. The van der Waals surface area contributed by atoms with Crippen LogP contribution in [0.5, 0.6) is 5.75 Å². The Hall–Kier alpha value is -0.0800. The Morgan fingerprint density at radius 3 is 2.00 bits per heavy atom. The van der Waals surface area contributed by atoms with Gasteiger partial charge in [-0.3, -0.25) is 0 Å². The quantitative estimate of drug-likeness (QED) is 0.468. The summed E-state index contributed by atoms with van der Waals surface area (Å²) in [6.45, 7) is 3.53. The molecule has 14 heavy (non-hydrogen) atoms. The molecule has 5 heteroatoms. The average Bonchev–Trinajstić information content (AvgIpc) is 2.19. The molecule has 1 N–H and O–H groups in total. The van der Waals surface area contributed by atoms with Gasteiger partial charge in [-0.05, 0) is 6.42 Å². The van der Waals surface area contributed by atoms with Crippen LogP contribution in [-0.4, -0.2) is 5.11 Å². The Kier molecular flexibility index (Phi) is 3.96. The van der Waals surface area contributed by atoms with Crippen molar-refractivity contribution in [3.05, 3.63) is 38.3 Å². The molecule has 0 spiro atoms. The van der Waals surface area contributed by atoms with Gasteiger partial charge in [0.25, 0.3) is 0 Å². The monoisotopic (exact) mass is 270 g/mol. The van der Waals surface area contributed by atoms with Crippen LogP contribution in [0.15, 0.2) is 12.7 Å². The molecule has 0 radical (unpaired) electrons. The summed E-state index contributed by atoms with van der Waals surface area (Å²) in [5.74, 6) is -0.147. The standard InChI is InChI=1S/C9H6Cl4O/c1-2-3-4-5(10)6(11)7(12)8(13)9(4)14/h2,14H,1,3H2. The summed E-state index contributed by atoms with van der Waals surface area (Å²) in [5, 5.41) is 10.0. The van der Waals surface area contributed by atoms with Gasteiger partial charge in [-0.25, -0.2) is 0 Å². The molecule has 1 nitrogen and oxygen atoms in total. The molecule has 0 atom stereocenters. The van der Waals surface area contributed by atoms with Crippen LogP contribution < -0.4 is 0 Å². The smallest absolute Gasteiger partial charge is 0.140 e. The number of aromatic hydroxyl groups is 1. The van der Waals surface area contributed by atoms with Gasteiger partial charge >= 0.3 is 0 Å². The molecular formula is C9H6Cl4O. The maximum absolute atomic E-state index is 9.61. The van der Waals surface area contributed by atoms with Crippen LogP contribution in [0.2, 0.25) is 20.1 Å². The Balaban J connectivity index is 3.50. The number of hydrogen-bond donors (Lipinski definition) is 1. The van der Waals surface area contributed by atoms with Crippen molar-refractivity contribution in [2.75, 3.05) is 0 Å². The van der Waals surface area contributed by atoms with Gasteiger partial charge in [0.2, 0.25) is 0 Å². The van der Waals surface area contributed by atoms with Crippen LogP contribution in [0, 0.1) is 0 Å². The van der Waals surface area contributed by atoms with Crippen molar-refractivity contribution in [3.8, 4) is 5.75 Å². The predicted molar refractivity (Wildman–Crippen MR) is 62.0 cm³/mol. The molecule has 1 aromatic carbocycles. The van der Waals surface area contributed by atoms with E-state index in [1.165, 1.54) is 0 Å². The van der Waals surface area contributed by atoms with Crippen LogP contribution in [0.1, 0.15) is 5.56 Å². The molecule has 1 rings (SSSR count). The third-order valence-electron chi connectivity index (χ3n) is 1.69. The topological polar surface area (TPSA) is 20.2 Å². The maximum atomic E-state index is 9.61. The first kappa shape index (κ1) is 12.0. The molecule has 0 heterocycles. The first-order valence-electron chi connectivity index (χ1n) is 3.65. The summed E-state index contributed by atoms with van der Waals surface area (Å²) in [6.07, 6.45) is 1.96. The molecule has 0 bridgehead atoms. The van der Waals surface area contributed by atoms with E-state index in [1.54, 1.807) is 6.08 Å². The zero-order valence-corrected chi connectivity index (χ0v) is 9.97. The van der Waals surface area contributed by atoms with E-state index < -0.39 is 0 Å². The number of halogens is 4. The van der Waals surface area contributed by atoms with E-state index in [0.717, 1.165) is 0 Å². The molecule has 0 unspecified atom stereocenters. The lowest BCUT2D eigenvalue weighted by atomic mass is 10.1. The number of benzene rings is 1. The minimum Gasteiger partial charge on any atom is -0.506 e. The highest BCUT2D eigenvalue weighted by Gasteiger charge is 2.18. The van der Waals surface area contributed by atoms with Crippen LogP contribution in [0.3, 0.4) is 0 Å². The number of rotatable bonds is 2. The van der Waals surface area contributed by atoms with E-state index in [-0.39, 0.29) is 25.8 Å². The lowest BCUT2D eigenvalue weighted by molar-refractivity contribution is 0.470. The normalized spacial score (nSPS) is 10.3. The number of allylic oxidation sites excluding steroid dienone is 1. The molecule has 0 saturated carbocycles. The number of hydrogen-bond acceptors (Lipinski definition) is 1. The van der Waals surface area contributed by atoms with Crippen LogP contribution >= 0.6 is 46.4 Å². The molecule has 0 fully saturated rings. The van der Waals surface area contributed by atoms with Crippen molar-refractivity contribution in [3.63, 3.8) is 0 Å². The van der Waals surface area contributed by atoms with Gasteiger partial charge in [0.1, 0.15) is 10.8 Å². The second-order valence-electron chi connectivity index (χ2n) is 2.58. The maximum Gasteiger partial charge on any atom is 0.140 e. The third kappa shape index (κ3) is 1.96. The zero-order valence-electron chi connectivity index (χ0n) is 6.95. The minimum atomic E-state index is -0.147. The van der Waals surface area contributed by atoms with Crippen molar-refractivity contribution in [2.24, 2.45) is 0 Å². The van der Waals surface area contributed by atoms with Crippen LogP contribution in [0.25, 0.3) is 0 Å². The highest BCUT2D eigenvalue weighted by Crippen LogP contribution is 2.45. The molecule has 0 aliphatic rings. The second-order valence-corrected chi connectivity index (χ2v) is 4.09. The zero-order chi connectivity index (χ0) is 10.9. The summed E-state index contributed by atoms with van der Waals surface area (Å²) < 4.78 is 0. The first-order valence-corrected chi connectivity index (χ1v) is 5.16. The van der Waals surface area contributed by atoms with Gasteiger partial charge in [-0.1, -0.05) is 52.5 Å². The summed E-state index contributed by atoms with van der Waals surface area (Å²) in [7, 11) is 0. The molecule has 0 aromatic heterocycles. The van der Waals surface area contributed by atoms with Crippen molar-refractivity contribution in [1.82, 2.24) is 0 Å². The highest BCUT2D eigenvalue weighted by molar-refractivity contribution is 6.52. The van der Waals surface area contributed by atoms with E-state index in [0.29, 0.717) is 12.0 Å². The summed E-state index contributed by atoms with van der Waals surface area (Å²) >= 11 is 23.1. The minimum absolute atomic E-state index is 0.0120. The van der Waals surface area contributed by atoms with Crippen molar-refractivity contribution in [1.29, 1.82) is 0 Å². The number of phenols is 1. The fourth-order valence-electron chi connectivity index (χ4n) is 0.996. The number of phenolic OH excluding ortho intramolecular Hbond substituents is 1. The fraction of sp³-hybridized carbons (Fsp3) is 0.111. The largest absolute Gasteiger partial charge is 0.506 e. The van der Waals surface area contributed by atoms with Gasteiger partial charge in [0.15, 0.2) is 0 Å². The SMILES string of the molecule is C=CCc1c(O)c(Cl)c(Cl)c(Cl)c1Cl. The van der Waals surface area contributed by atoms with Crippen LogP contribution in [0.4, 0.5) is 0 Å². The van der Waals surface area contributed by atoms with E-state index in [4.69, 9.17) is 46.4 Å². The summed E-state index contributed by atoms with van der Waals surface area (Å²) in [4.78, 5) is 0. The Morgan fingerprint density at radius 2 is 1.50 bits per heavy atom. The molecule has 0 aliphatic heterocycles. The Labute approximate surface area is 102 Å². The molecule has 1 aromatic rings.